The van der Waals surface area contributed by atoms with Crippen molar-refractivity contribution < 1.29 is 5.11 Å². The first-order chi connectivity index (χ1) is 5.68. The molecule has 0 spiro atoms. The standard InChI is InChI=1S/C9H10N2O/c1-7(12)2-4-9-5-3-8(10)6-11-9/h3,5-7,12H,10H2,1H3. The summed E-state index contributed by atoms with van der Waals surface area (Å²) in [7, 11) is 0. The van der Waals surface area contributed by atoms with E-state index in [0.717, 1.165) is 0 Å². The second-order valence-electron chi connectivity index (χ2n) is 2.42. The van der Waals surface area contributed by atoms with Gasteiger partial charge >= 0.3 is 0 Å². The number of anilines is 1. The van der Waals surface area contributed by atoms with Gasteiger partial charge in [0, 0.05) is 0 Å². The molecule has 12 heavy (non-hydrogen) atoms. The highest BCUT2D eigenvalue weighted by molar-refractivity contribution is 5.39. The summed E-state index contributed by atoms with van der Waals surface area (Å²) in [6, 6.07) is 3.43. The van der Waals surface area contributed by atoms with Gasteiger partial charge in [-0.3, -0.25) is 0 Å². The number of nitrogen functional groups attached to an aromatic ring is 1. The van der Waals surface area contributed by atoms with Gasteiger partial charge in [0.15, 0.2) is 0 Å². The van der Waals surface area contributed by atoms with Crippen LogP contribution in [0.3, 0.4) is 0 Å². The molecule has 1 heterocycles. The zero-order chi connectivity index (χ0) is 8.97. The van der Waals surface area contributed by atoms with Crippen molar-refractivity contribution >= 4 is 5.69 Å². The van der Waals surface area contributed by atoms with Gasteiger partial charge in [-0.15, -0.1) is 0 Å². The lowest BCUT2D eigenvalue weighted by molar-refractivity contribution is 0.253. The Morgan fingerprint density at radius 3 is 2.83 bits per heavy atom. The normalized spacial score (nSPS) is 11.5. The molecule has 0 aliphatic heterocycles. The summed E-state index contributed by atoms with van der Waals surface area (Å²) in [5.74, 6) is 5.29. The number of rotatable bonds is 0. The number of aliphatic hydroxyl groups is 1. The molecule has 0 saturated carbocycles. The summed E-state index contributed by atoms with van der Waals surface area (Å²) >= 11 is 0. The molecule has 0 saturated heterocycles. The average molecular weight is 162 g/mol. The van der Waals surface area contributed by atoms with Crippen molar-refractivity contribution in [3.8, 4) is 11.8 Å². The van der Waals surface area contributed by atoms with Crippen LogP contribution >= 0.6 is 0 Å². The van der Waals surface area contributed by atoms with Gasteiger partial charge in [-0.2, -0.15) is 0 Å². The molecule has 0 amide bonds. The Hall–Kier alpha value is -1.53. The predicted octanol–water partition coefficient (Wildman–Crippen LogP) is 0.396. The van der Waals surface area contributed by atoms with Crippen molar-refractivity contribution in [1.82, 2.24) is 4.98 Å². The molecule has 3 nitrogen and oxygen atoms in total. The van der Waals surface area contributed by atoms with Crippen LogP contribution in [0.5, 0.6) is 0 Å². The van der Waals surface area contributed by atoms with Gasteiger partial charge in [-0.25, -0.2) is 4.98 Å². The fraction of sp³-hybridized carbons (Fsp3) is 0.222. The Kier molecular flexibility index (Phi) is 2.67. The SMILES string of the molecule is CC(O)C#Cc1ccc(N)cn1. The highest BCUT2D eigenvalue weighted by atomic mass is 16.3. The fourth-order valence-electron chi connectivity index (χ4n) is 0.658. The Bertz CT molecular complexity index is 306. The Morgan fingerprint density at radius 2 is 2.33 bits per heavy atom. The quantitative estimate of drug-likeness (QED) is 0.543. The predicted molar refractivity (Wildman–Crippen MR) is 47.2 cm³/mol. The zero-order valence-electron chi connectivity index (χ0n) is 6.78. The van der Waals surface area contributed by atoms with E-state index in [4.69, 9.17) is 10.8 Å². The van der Waals surface area contributed by atoms with E-state index in [0.29, 0.717) is 11.4 Å². The van der Waals surface area contributed by atoms with Gasteiger partial charge in [0.25, 0.3) is 0 Å². The molecule has 0 bridgehead atoms. The average Bonchev–Trinajstić information content (AvgIpc) is 2.03. The second-order valence-corrected chi connectivity index (χ2v) is 2.42. The van der Waals surface area contributed by atoms with Crippen molar-refractivity contribution in [2.75, 3.05) is 5.73 Å². The van der Waals surface area contributed by atoms with Crippen LogP contribution < -0.4 is 5.73 Å². The number of aliphatic hydroxyl groups excluding tert-OH is 1. The summed E-state index contributed by atoms with van der Waals surface area (Å²) in [6.45, 7) is 1.60. The van der Waals surface area contributed by atoms with E-state index in [1.165, 1.54) is 6.20 Å². The summed E-state index contributed by atoms with van der Waals surface area (Å²) in [6.07, 6.45) is 0.913. The highest BCUT2D eigenvalue weighted by Gasteiger charge is 1.88. The first kappa shape index (κ1) is 8.57. The van der Waals surface area contributed by atoms with Gasteiger partial charge in [0.1, 0.15) is 11.8 Å². The summed E-state index contributed by atoms with van der Waals surface area (Å²) < 4.78 is 0. The van der Waals surface area contributed by atoms with Gasteiger partial charge < -0.3 is 10.8 Å². The molecule has 1 atom stereocenters. The van der Waals surface area contributed by atoms with Crippen molar-refractivity contribution in [2.45, 2.75) is 13.0 Å². The minimum atomic E-state index is -0.621. The monoisotopic (exact) mass is 162 g/mol. The van der Waals surface area contributed by atoms with E-state index in [9.17, 15) is 0 Å². The summed E-state index contributed by atoms with van der Waals surface area (Å²) in [5.41, 5.74) is 6.65. The van der Waals surface area contributed by atoms with E-state index in [-0.39, 0.29) is 0 Å². The molecule has 3 N–H and O–H groups in total. The van der Waals surface area contributed by atoms with Crippen LogP contribution in [0.2, 0.25) is 0 Å². The highest BCUT2D eigenvalue weighted by Crippen LogP contribution is 1.98. The van der Waals surface area contributed by atoms with E-state index < -0.39 is 6.10 Å². The maximum atomic E-state index is 8.84. The summed E-state index contributed by atoms with van der Waals surface area (Å²) in [5, 5.41) is 8.84. The van der Waals surface area contributed by atoms with Crippen LogP contribution in [0.25, 0.3) is 0 Å². The lowest BCUT2D eigenvalue weighted by Gasteiger charge is -1.91. The first-order valence-electron chi connectivity index (χ1n) is 3.59. The molecule has 1 aromatic heterocycles. The molecule has 3 heteroatoms. The molecular weight excluding hydrogens is 152 g/mol. The van der Waals surface area contributed by atoms with Crippen LogP contribution in [0.4, 0.5) is 5.69 Å². The van der Waals surface area contributed by atoms with Crippen molar-refractivity contribution in [2.24, 2.45) is 0 Å². The van der Waals surface area contributed by atoms with E-state index in [2.05, 4.69) is 16.8 Å². The minimum absolute atomic E-state index is 0.609. The van der Waals surface area contributed by atoms with Gasteiger partial charge in [0.05, 0.1) is 11.9 Å². The maximum Gasteiger partial charge on any atom is 0.113 e. The third-order valence-corrected chi connectivity index (χ3v) is 1.20. The van der Waals surface area contributed by atoms with E-state index in [1.807, 2.05) is 0 Å². The number of nitrogens with zero attached hydrogens (tertiary/aromatic N) is 1. The van der Waals surface area contributed by atoms with Crippen molar-refractivity contribution in [1.29, 1.82) is 0 Å². The molecule has 0 aliphatic rings. The molecule has 0 fully saturated rings. The molecule has 1 aromatic rings. The number of pyridine rings is 1. The van der Waals surface area contributed by atoms with Crippen molar-refractivity contribution in [3.63, 3.8) is 0 Å². The van der Waals surface area contributed by atoms with E-state index >= 15 is 0 Å². The second kappa shape index (κ2) is 3.74. The lowest BCUT2D eigenvalue weighted by Crippen LogP contribution is -1.93. The molecule has 1 rings (SSSR count). The molecule has 0 aliphatic carbocycles. The Balaban J connectivity index is 2.79. The van der Waals surface area contributed by atoms with Gasteiger partial charge in [-0.1, -0.05) is 5.92 Å². The number of nitrogens with two attached hydrogens (primary N) is 1. The third-order valence-electron chi connectivity index (χ3n) is 1.20. The Labute approximate surface area is 71.2 Å². The minimum Gasteiger partial charge on any atom is -0.397 e. The third kappa shape index (κ3) is 2.60. The number of hydrogen-bond acceptors (Lipinski definition) is 3. The molecular formula is C9H10N2O. The zero-order valence-corrected chi connectivity index (χ0v) is 6.78. The van der Waals surface area contributed by atoms with Crippen LogP contribution in [0, 0.1) is 11.8 Å². The Morgan fingerprint density at radius 1 is 1.58 bits per heavy atom. The largest absolute Gasteiger partial charge is 0.397 e. The molecule has 62 valence electrons. The van der Waals surface area contributed by atoms with Crippen LogP contribution in [0.1, 0.15) is 12.6 Å². The molecule has 0 radical (unpaired) electrons. The smallest absolute Gasteiger partial charge is 0.113 e. The number of aromatic nitrogens is 1. The van der Waals surface area contributed by atoms with Crippen LogP contribution in [0.15, 0.2) is 18.3 Å². The van der Waals surface area contributed by atoms with E-state index in [1.54, 1.807) is 19.1 Å². The first-order valence-corrected chi connectivity index (χ1v) is 3.59. The van der Waals surface area contributed by atoms with Crippen LogP contribution in [-0.4, -0.2) is 16.2 Å². The summed E-state index contributed by atoms with van der Waals surface area (Å²) in [4.78, 5) is 3.94. The fourth-order valence-corrected chi connectivity index (χ4v) is 0.658. The molecule has 0 aromatic carbocycles. The van der Waals surface area contributed by atoms with Crippen molar-refractivity contribution in [3.05, 3.63) is 24.0 Å². The lowest BCUT2D eigenvalue weighted by atomic mass is 10.3. The van der Waals surface area contributed by atoms with Gasteiger partial charge in [-0.05, 0) is 25.0 Å². The maximum absolute atomic E-state index is 8.84. The van der Waals surface area contributed by atoms with Gasteiger partial charge in [0.2, 0.25) is 0 Å². The topological polar surface area (TPSA) is 59.1 Å². The van der Waals surface area contributed by atoms with Crippen LogP contribution in [-0.2, 0) is 0 Å². The number of hydrogen-bond donors (Lipinski definition) is 2. The molecule has 1 unspecified atom stereocenters.